The molecule has 0 aliphatic rings. The van der Waals surface area contributed by atoms with Crippen LogP contribution in [0.1, 0.15) is 27.2 Å². The summed E-state index contributed by atoms with van der Waals surface area (Å²) >= 11 is 3.08. The fraction of sp³-hybridized carbons (Fsp3) is 0.143. The van der Waals surface area contributed by atoms with E-state index in [9.17, 15) is 27.9 Å². The van der Waals surface area contributed by atoms with E-state index in [1.807, 2.05) is 0 Å². The van der Waals surface area contributed by atoms with Crippen molar-refractivity contribution in [3.05, 3.63) is 91.1 Å². The topological polar surface area (TPSA) is 68.5 Å². The highest BCUT2D eigenvalue weighted by molar-refractivity contribution is 9.10. The molecule has 9 heteroatoms. The second-order valence-electron chi connectivity index (χ2n) is 6.52. The minimum absolute atomic E-state index is 0.0468. The van der Waals surface area contributed by atoms with E-state index in [2.05, 4.69) is 15.9 Å². The number of nitrogens with zero attached hydrogens (tertiary/aromatic N) is 1. The number of hydrogen-bond acceptors (Lipinski definition) is 3. The summed E-state index contributed by atoms with van der Waals surface area (Å²) in [6, 6.07) is 6.70. The van der Waals surface area contributed by atoms with Gasteiger partial charge in [-0.1, -0.05) is 6.07 Å². The first-order valence-corrected chi connectivity index (χ1v) is 9.42. The molecule has 1 N–H and O–H groups in total. The number of carboxylic acid groups (broad SMARTS) is 1. The molecular weight excluding hydrogens is 467 g/mol. The van der Waals surface area contributed by atoms with Crippen LogP contribution in [-0.4, -0.2) is 15.6 Å². The number of ether oxygens (including phenoxy) is 1. The summed E-state index contributed by atoms with van der Waals surface area (Å²) in [5.41, 5.74) is -0.753. The number of halogens is 4. The van der Waals surface area contributed by atoms with Gasteiger partial charge in [0.15, 0.2) is 0 Å². The van der Waals surface area contributed by atoms with Crippen molar-refractivity contribution in [2.24, 2.45) is 0 Å². The second-order valence-corrected chi connectivity index (χ2v) is 7.31. The van der Waals surface area contributed by atoms with Crippen LogP contribution >= 0.6 is 15.9 Å². The summed E-state index contributed by atoms with van der Waals surface area (Å²) in [7, 11) is 0. The largest absolute Gasteiger partial charge is 0.487 e. The number of pyridine rings is 1. The number of aryl methyl sites for hydroxylation is 2. The van der Waals surface area contributed by atoms with Crippen molar-refractivity contribution in [3.63, 3.8) is 0 Å². The van der Waals surface area contributed by atoms with Crippen LogP contribution < -0.4 is 10.3 Å². The van der Waals surface area contributed by atoms with Crippen LogP contribution in [0.5, 0.6) is 5.75 Å². The third-order valence-corrected chi connectivity index (χ3v) is 5.23. The Bertz CT molecular complexity index is 1200. The molecule has 0 bridgehead atoms. The predicted molar refractivity (Wildman–Crippen MR) is 107 cm³/mol. The highest BCUT2D eigenvalue weighted by Crippen LogP contribution is 2.28. The number of carboxylic acids is 1. The third kappa shape index (κ3) is 3.97. The Labute approximate surface area is 177 Å². The molecule has 0 amide bonds. The van der Waals surface area contributed by atoms with Crippen molar-refractivity contribution in [1.82, 2.24) is 4.57 Å². The number of rotatable bonds is 5. The SMILES string of the molecule is Cc1cc(F)cc(C(=O)O)c1COc1cc(C)n(-c2c(F)cccc2F)c(=O)c1Br. The van der Waals surface area contributed by atoms with Gasteiger partial charge in [0.25, 0.3) is 5.56 Å². The van der Waals surface area contributed by atoms with E-state index < -0.39 is 34.7 Å². The number of aromatic nitrogens is 1. The maximum Gasteiger partial charge on any atom is 0.336 e. The van der Waals surface area contributed by atoms with Gasteiger partial charge in [0.05, 0.1) is 5.56 Å². The van der Waals surface area contributed by atoms with Gasteiger partial charge in [-0.3, -0.25) is 9.36 Å². The molecule has 0 saturated carbocycles. The first kappa shape index (κ1) is 21.6. The maximum absolute atomic E-state index is 14.2. The predicted octanol–water partition coefficient (Wildman–Crippen LogP) is 4.91. The quantitative estimate of drug-likeness (QED) is 0.561. The van der Waals surface area contributed by atoms with E-state index in [1.165, 1.54) is 32.0 Å². The lowest BCUT2D eigenvalue weighted by Gasteiger charge is -2.17. The zero-order valence-corrected chi connectivity index (χ0v) is 17.4. The first-order valence-electron chi connectivity index (χ1n) is 8.63. The number of para-hydroxylation sites is 1. The summed E-state index contributed by atoms with van der Waals surface area (Å²) in [6.07, 6.45) is 0. The Morgan fingerprint density at radius 3 is 2.37 bits per heavy atom. The third-order valence-electron chi connectivity index (χ3n) is 4.50. The molecule has 0 radical (unpaired) electrons. The van der Waals surface area contributed by atoms with Gasteiger partial charge in [-0.25, -0.2) is 18.0 Å². The fourth-order valence-corrected chi connectivity index (χ4v) is 3.48. The van der Waals surface area contributed by atoms with Crippen molar-refractivity contribution >= 4 is 21.9 Å². The Kier molecular flexibility index (Phi) is 6.02. The van der Waals surface area contributed by atoms with Crippen molar-refractivity contribution in [2.45, 2.75) is 20.5 Å². The van der Waals surface area contributed by atoms with Crippen molar-refractivity contribution in [2.75, 3.05) is 0 Å². The molecular formula is C21H15BrF3NO4. The molecule has 30 heavy (non-hydrogen) atoms. The Hall–Kier alpha value is -3.07. The van der Waals surface area contributed by atoms with Crippen LogP contribution in [0.25, 0.3) is 5.69 Å². The van der Waals surface area contributed by atoms with Gasteiger partial charge in [0, 0.05) is 17.3 Å². The van der Waals surface area contributed by atoms with E-state index in [-0.39, 0.29) is 33.6 Å². The minimum Gasteiger partial charge on any atom is -0.487 e. The maximum atomic E-state index is 14.2. The molecule has 0 aliphatic heterocycles. The number of hydrogen-bond donors (Lipinski definition) is 1. The van der Waals surface area contributed by atoms with Crippen LogP contribution in [-0.2, 0) is 6.61 Å². The van der Waals surface area contributed by atoms with Crippen molar-refractivity contribution in [1.29, 1.82) is 0 Å². The molecule has 1 aromatic heterocycles. The van der Waals surface area contributed by atoms with Crippen LogP contribution in [0.15, 0.2) is 45.7 Å². The highest BCUT2D eigenvalue weighted by Gasteiger charge is 2.20. The zero-order chi connectivity index (χ0) is 22.2. The van der Waals surface area contributed by atoms with Gasteiger partial charge in [-0.2, -0.15) is 0 Å². The lowest BCUT2D eigenvalue weighted by molar-refractivity contribution is 0.0693. The molecule has 3 aromatic rings. The lowest BCUT2D eigenvalue weighted by atomic mass is 10.0. The van der Waals surface area contributed by atoms with Gasteiger partial charge in [0.1, 0.15) is 40.0 Å². The van der Waals surface area contributed by atoms with E-state index in [0.29, 0.717) is 5.56 Å². The average Bonchev–Trinajstić information content (AvgIpc) is 2.66. The highest BCUT2D eigenvalue weighted by atomic mass is 79.9. The molecule has 0 fully saturated rings. The van der Waals surface area contributed by atoms with Gasteiger partial charge in [0.2, 0.25) is 0 Å². The number of carbonyl (C=O) groups is 1. The average molecular weight is 482 g/mol. The summed E-state index contributed by atoms with van der Waals surface area (Å²) in [5, 5.41) is 9.31. The summed E-state index contributed by atoms with van der Waals surface area (Å²) in [6.45, 7) is 2.75. The lowest BCUT2D eigenvalue weighted by Crippen LogP contribution is -2.24. The molecule has 0 atom stereocenters. The van der Waals surface area contributed by atoms with Crippen LogP contribution in [0.2, 0.25) is 0 Å². The molecule has 0 aliphatic carbocycles. The smallest absolute Gasteiger partial charge is 0.336 e. The van der Waals surface area contributed by atoms with E-state index in [0.717, 1.165) is 22.8 Å². The molecule has 1 heterocycles. The van der Waals surface area contributed by atoms with Crippen molar-refractivity contribution < 1.29 is 27.8 Å². The molecule has 5 nitrogen and oxygen atoms in total. The van der Waals surface area contributed by atoms with Gasteiger partial charge in [-0.15, -0.1) is 0 Å². The Balaban J connectivity index is 2.03. The van der Waals surface area contributed by atoms with Crippen LogP contribution in [0.3, 0.4) is 0 Å². The Morgan fingerprint density at radius 2 is 1.77 bits per heavy atom. The molecule has 2 aromatic carbocycles. The van der Waals surface area contributed by atoms with Crippen LogP contribution in [0, 0.1) is 31.3 Å². The Morgan fingerprint density at radius 1 is 1.13 bits per heavy atom. The number of benzene rings is 2. The van der Waals surface area contributed by atoms with Gasteiger partial charge >= 0.3 is 5.97 Å². The zero-order valence-electron chi connectivity index (χ0n) is 15.8. The summed E-state index contributed by atoms with van der Waals surface area (Å²) < 4.78 is 48.3. The molecule has 0 spiro atoms. The fourth-order valence-electron chi connectivity index (χ4n) is 3.07. The second kappa shape index (κ2) is 8.35. The summed E-state index contributed by atoms with van der Waals surface area (Å²) in [5.74, 6) is -3.79. The first-order chi connectivity index (χ1) is 14.1. The van der Waals surface area contributed by atoms with Gasteiger partial charge in [-0.05, 0) is 59.6 Å². The van der Waals surface area contributed by atoms with E-state index in [4.69, 9.17) is 4.74 Å². The van der Waals surface area contributed by atoms with Crippen LogP contribution in [0.4, 0.5) is 13.2 Å². The minimum atomic E-state index is -1.32. The van der Waals surface area contributed by atoms with E-state index >= 15 is 0 Å². The molecule has 0 unspecified atom stereocenters. The molecule has 3 rings (SSSR count). The monoisotopic (exact) mass is 481 g/mol. The standard InChI is InChI=1S/C21H15BrF3NO4/c1-10-6-12(23)8-13(21(28)29)14(10)9-30-17-7-11(2)26(20(27)18(17)22)19-15(24)4-3-5-16(19)25/h3-8H,9H2,1-2H3,(H,28,29). The molecule has 0 saturated heterocycles. The summed E-state index contributed by atoms with van der Waals surface area (Å²) in [4.78, 5) is 24.2. The van der Waals surface area contributed by atoms with Gasteiger partial charge < -0.3 is 9.84 Å². The molecule has 156 valence electrons. The number of aromatic carboxylic acids is 1. The van der Waals surface area contributed by atoms with E-state index in [1.54, 1.807) is 0 Å². The van der Waals surface area contributed by atoms with Crippen molar-refractivity contribution in [3.8, 4) is 11.4 Å². The normalized spacial score (nSPS) is 10.9.